The van der Waals surface area contributed by atoms with Crippen molar-refractivity contribution in [2.75, 3.05) is 7.11 Å². The fourth-order valence-electron chi connectivity index (χ4n) is 1.76. The van der Waals surface area contributed by atoms with Gasteiger partial charge in [0.1, 0.15) is 5.75 Å². The van der Waals surface area contributed by atoms with Gasteiger partial charge in [0.15, 0.2) is 0 Å². The molecule has 0 saturated heterocycles. The molecule has 0 fully saturated rings. The quantitative estimate of drug-likeness (QED) is 0.854. The molecule has 0 unspecified atom stereocenters. The van der Waals surface area contributed by atoms with Crippen LogP contribution in [0, 0.1) is 0 Å². The van der Waals surface area contributed by atoms with E-state index in [9.17, 15) is 9.90 Å². The van der Waals surface area contributed by atoms with Gasteiger partial charge in [0, 0.05) is 0 Å². The van der Waals surface area contributed by atoms with E-state index in [1.165, 1.54) is 0 Å². The van der Waals surface area contributed by atoms with Crippen molar-refractivity contribution in [3.63, 3.8) is 0 Å². The van der Waals surface area contributed by atoms with Crippen LogP contribution in [0.1, 0.15) is 38.3 Å². The van der Waals surface area contributed by atoms with Crippen LogP contribution in [-0.2, 0) is 16.6 Å². The second-order valence-corrected chi connectivity index (χ2v) is 4.71. The third-order valence-electron chi connectivity index (χ3n) is 3.06. The predicted molar refractivity (Wildman–Crippen MR) is 67.7 cm³/mol. The molecule has 3 heteroatoms. The van der Waals surface area contributed by atoms with Crippen molar-refractivity contribution in [1.29, 1.82) is 0 Å². The van der Waals surface area contributed by atoms with Crippen molar-refractivity contribution in [3.05, 3.63) is 29.3 Å². The molecule has 0 spiro atoms. The van der Waals surface area contributed by atoms with Crippen LogP contribution in [0.3, 0.4) is 0 Å². The molecule has 3 nitrogen and oxygen atoms in total. The molecule has 0 radical (unpaired) electrons. The lowest BCUT2D eigenvalue weighted by Gasteiger charge is -2.21. The molecule has 0 atom stereocenters. The molecule has 17 heavy (non-hydrogen) atoms. The van der Waals surface area contributed by atoms with E-state index in [-0.39, 0.29) is 0 Å². The molecular formula is C14H20O3. The number of carboxylic acid groups (broad SMARTS) is 1. The molecule has 0 aliphatic rings. The van der Waals surface area contributed by atoms with Gasteiger partial charge < -0.3 is 9.84 Å². The molecule has 1 aromatic rings. The van der Waals surface area contributed by atoms with Crippen LogP contribution in [0.25, 0.3) is 0 Å². The maximum atomic E-state index is 11.2. The lowest BCUT2D eigenvalue weighted by molar-refractivity contribution is -0.142. The van der Waals surface area contributed by atoms with Gasteiger partial charge in [0.25, 0.3) is 0 Å². The molecule has 0 bridgehead atoms. The van der Waals surface area contributed by atoms with Gasteiger partial charge in [-0.15, -0.1) is 0 Å². The van der Waals surface area contributed by atoms with Crippen LogP contribution in [0.15, 0.2) is 18.2 Å². The van der Waals surface area contributed by atoms with Crippen molar-refractivity contribution in [2.24, 2.45) is 0 Å². The van der Waals surface area contributed by atoms with Gasteiger partial charge in [-0.3, -0.25) is 4.79 Å². The second-order valence-electron chi connectivity index (χ2n) is 4.71. The Balaban J connectivity index is 3.20. The van der Waals surface area contributed by atoms with E-state index in [0.29, 0.717) is 0 Å². The molecule has 0 amide bonds. The number of aliphatic carboxylic acids is 1. The highest BCUT2D eigenvalue weighted by atomic mass is 16.5. The summed E-state index contributed by atoms with van der Waals surface area (Å²) in [6.07, 6.45) is 1.90. The summed E-state index contributed by atoms with van der Waals surface area (Å²) in [7, 11) is 1.64. The maximum Gasteiger partial charge on any atom is 0.313 e. The summed E-state index contributed by atoms with van der Waals surface area (Å²) in [5.41, 5.74) is 1.02. The number of aryl methyl sites for hydroxylation is 1. The molecule has 1 aromatic carbocycles. The highest BCUT2D eigenvalue weighted by Crippen LogP contribution is 2.29. The first-order valence-electron chi connectivity index (χ1n) is 5.84. The Morgan fingerprint density at radius 2 is 2.06 bits per heavy atom. The first-order valence-corrected chi connectivity index (χ1v) is 5.84. The van der Waals surface area contributed by atoms with Crippen LogP contribution in [-0.4, -0.2) is 18.2 Å². The third-order valence-corrected chi connectivity index (χ3v) is 3.06. The van der Waals surface area contributed by atoms with E-state index in [4.69, 9.17) is 4.74 Å². The van der Waals surface area contributed by atoms with Crippen molar-refractivity contribution >= 4 is 5.97 Å². The number of ether oxygens (including phenoxy) is 1. The van der Waals surface area contributed by atoms with Gasteiger partial charge in [-0.1, -0.05) is 25.5 Å². The van der Waals surface area contributed by atoms with E-state index < -0.39 is 11.4 Å². The average Bonchev–Trinajstić information content (AvgIpc) is 2.29. The molecule has 0 saturated carbocycles. The van der Waals surface area contributed by atoms with Gasteiger partial charge in [-0.25, -0.2) is 0 Å². The predicted octanol–water partition coefficient (Wildman–Crippen LogP) is 3.01. The smallest absolute Gasteiger partial charge is 0.313 e. The molecule has 1 N–H and O–H groups in total. The minimum Gasteiger partial charge on any atom is -0.496 e. The maximum absolute atomic E-state index is 11.2. The second kappa shape index (κ2) is 5.21. The van der Waals surface area contributed by atoms with Crippen molar-refractivity contribution < 1.29 is 14.6 Å². The van der Waals surface area contributed by atoms with Gasteiger partial charge >= 0.3 is 5.97 Å². The fraction of sp³-hybridized carbons (Fsp3) is 0.500. The molecule has 0 aliphatic carbocycles. The third kappa shape index (κ3) is 2.78. The summed E-state index contributed by atoms with van der Waals surface area (Å²) in [5, 5.41) is 9.21. The number of methoxy groups -OCH3 is 1. The largest absolute Gasteiger partial charge is 0.496 e. The van der Waals surface area contributed by atoms with E-state index in [1.807, 2.05) is 18.2 Å². The minimum absolute atomic E-state index is 0.814. The van der Waals surface area contributed by atoms with Crippen molar-refractivity contribution in [3.8, 4) is 5.75 Å². The normalized spacial score (nSPS) is 11.3. The van der Waals surface area contributed by atoms with Gasteiger partial charge in [0.2, 0.25) is 0 Å². The highest BCUT2D eigenvalue weighted by Gasteiger charge is 2.29. The van der Waals surface area contributed by atoms with Gasteiger partial charge in [-0.05, 0) is 37.5 Å². The molecular weight excluding hydrogens is 216 g/mol. The number of hydrogen-bond acceptors (Lipinski definition) is 2. The first-order chi connectivity index (χ1) is 7.93. The summed E-state index contributed by atoms with van der Waals surface area (Å²) in [6, 6.07) is 5.62. The van der Waals surface area contributed by atoms with E-state index in [2.05, 4.69) is 6.92 Å². The Bertz CT molecular complexity index is 408. The summed E-state index contributed by atoms with van der Waals surface area (Å²) in [5.74, 6) is 0.0157. The van der Waals surface area contributed by atoms with Crippen molar-refractivity contribution in [1.82, 2.24) is 0 Å². The number of carbonyl (C=O) groups is 1. The monoisotopic (exact) mass is 236 g/mol. The van der Waals surface area contributed by atoms with E-state index in [0.717, 1.165) is 29.7 Å². The van der Waals surface area contributed by atoms with Crippen LogP contribution in [0.4, 0.5) is 0 Å². The van der Waals surface area contributed by atoms with E-state index in [1.54, 1.807) is 21.0 Å². The lowest BCUT2D eigenvalue weighted by Crippen LogP contribution is -2.28. The number of hydrogen-bond donors (Lipinski definition) is 1. The minimum atomic E-state index is -0.866. The Hall–Kier alpha value is -1.51. The summed E-state index contributed by atoms with van der Waals surface area (Å²) in [6.45, 7) is 5.52. The van der Waals surface area contributed by atoms with Crippen LogP contribution in [0.5, 0.6) is 5.75 Å². The molecule has 1 rings (SSSR count). The first kappa shape index (κ1) is 13.6. The number of carboxylic acids is 1. The summed E-state index contributed by atoms with van der Waals surface area (Å²) in [4.78, 5) is 11.2. The van der Waals surface area contributed by atoms with Crippen LogP contribution in [0.2, 0.25) is 0 Å². The Kier molecular flexibility index (Phi) is 4.16. The lowest BCUT2D eigenvalue weighted by atomic mass is 9.83. The standard InChI is InChI=1S/C14H20O3/c1-5-6-10-9-11(7-8-12(10)17-4)14(2,3)13(15)16/h7-9H,5-6H2,1-4H3,(H,15,16). The fourth-order valence-corrected chi connectivity index (χ4v) is 1.76. The molecule has 0 heterocycles. The van der Waals surface area contributed by atoms with Crippen LogP contribution < -0.4 is 4.74 Å². The van der Waals surface area contributed by atoms with Gasteiger partial charge in [0.05, 0.1) is 12.5 Å². The zero-order valence-corrected chi connectivity index (χ0v) is 10.9. The molecule has 0 aliphatic heterocycles. The Morgan fingerprint density at radius 1 is 1.41 bits per heavy atom. The SMILES string of the molecule is CCCc1cc(C(C)(C)C(=O)O)ccc1OC. The Morgan fingerprint density at radius 3 is 2.53 bits per heavy atom. The van der Waals surface area contributed by atoms with Gasteiger partial charge in [-0.2, -0.15) is 0 Å². The Labute approximate surface area is 102 Å². The summed E-state index contributed by atoms with van der Waals surface area (Å²) < 4.78 is 5.28. The van der Waals surface area contributed by atoms with Crippen molar-refractivity contribution in [2.45, 2.75) is 39.0 Å². The topological polar surface area (TPSA) is 46.5 Å². The summed E-state index contributed by atoms with van der Waals surface area (Å²) >= 11 is 0. The zero-order chi connectivity index (χ0) is 13.1. The van der Waals surface area contributed by atoms with E-state index >= 15 is 0 Å². The molecule has 0 aromatic heterocycles. The highest BCUT2D eigenvalue weighted by molar-refractivity contribution is 5.80. The number of rotatable bonds is 5. The van der Waals surface area contributed by atoms with Crippen LogP contribution >= 0.6 is 0 Å². The zero-order valence-electron chi connectivity index (χ0n) is 10.9. The average molecular weight is 236 g/mol. The number of benzene rings is 1. The molecule has 94 valence electrons.